The SMILES string of the molecule is O=C(CCc1ncc(-c2ccc(F)cc2)o1)OCc1csc(-c2ccccc2)n1. The van der Waals surface area contributed by atoms with Crippen molar-refractivity contribution in [2.75, 3.05) is 0 Å². The number of ether oxygens (including phenoxy) is 1. The van der Waals surface area contributed by atoms with Crippen molar-refractivity contribution in [3.8, 4) is 21.9 Å². The van der Waals surface area contributed by atoms with Crippen molar-refractivity contribution in [2.45, 2.75) is 19.4 Å². The number of hydrogen-bond acceptors (Lipinski definition) is 6. The van der Waals surface area contributed by atoms with Crippen molar-refractivity contribution in [2.24, 2.45) is 0 Å². The van der Waals surface area contributed by atoms with Gasteiger partial charge in [0, 0.05) is 22.9 Å². The summed E-state index contributed by atoms with van der Waals surface area (Å²) in [5, 5.41) is 2.78. The molecule has 0 aliphatic heterocycles. The van der Waals surface area contributed by atoms with Crippen LogP contribution in [0.3, 0.4) is 0 Å². The Morgan fingerprint density at radius 1 is 1.07 bits per heavy atom. The average Bonchev–Trinajstić information content (AvgIpc) is 3.42. The average molecular weight is 408 g/mol. The monoisotopic (exact) mass is 408 g/mol. The van der Waals surface area contributed by atoms with Crippen LogP contribution in [0, 0.1) is 5.82 Å². The molecule has 5 nitrogen and oxygen atoms in total. The lowest BCUT2D eigenvalue weighted by Gasteiger charge is -2.01. The van der Waals surface area contributed by atoms with E-state index in [2.05, 4.69) is 9.97 Å². The Labute approximate surface area is 170 Å². The molecule has 0 N–H and O–H groups in total. The standard InChI is InChI=1S/C22H17FN2O3S/c23-17-8-6-15(7-9-17)19-12-24-20(28-19)10-11-21(26)27-13-18-14-29-22(25-18)16-4-2-1-3-5-16/h1-9,12,14H,10-11,13H2. The van der Waals surface area contributed by atoms with Crippen LogP contribution in [0.25, 0.3) is 21.9 Å². The summed E-state index contributed by atoms with van der Waals surface area (Å²) in [6.07, 6.45) is 2.04. The molecule has 2 heterocycles. The Bertz CT molecular complexity index is 1090. The smallest absolute Gasteiger partial charge is 0.306 e. The molecule has 7 heteroatoms. The minimum Gasteiger partial charge on any atom is -0.459 e. The molecule has 29 heavy (non-hydrogen) atoms. The van der Waals surface area contributed by atoms with Gasteiger partial charge in [-0.2, -0.15) is 0 Å². The first-order valence-corrected chi connectivity index (χ1v) is 9.91. The molecule has 0 unspecified atom stereocenters. The van der Waals surface area contributed by atoms with Crippen LogP contribution in [0.4, 0.5) is 4.39 Å². The van der Waals surface area contributed by atoms with Crippen LogP contribution in [-0.4, -0.2) is 15.9 Å². The van der Waals surface area contributed by atoms with Gasteiger partial charge >= 0.3 is 5.97 Å². The van der Waals surface area contributed by atoms with Crippen molar-refractivity contribution in [1.82, 2.24) is 9.97 Å². The summed E-state index contributed by atoms with van der Waals surface area (Å²) in [4.78, 5) is 20.7. The van der Waals surface area contributed by atoms with E-state index in [-0.39, 0.29) is 24.8 Å². The molecule has 0 aliphatic rings. The summed E-state index contributed by atoms with van der Waals surface area (Å²) >= 11 is 1.52. The van der Waals surface area contributed by atoms with Crippen LogP contribution in [0.2, 0.25) is 0 Å². The highest BCUT2D eigenvalue weighted by atomic mass is 32.1. The van der Waals surface area contributed by atoms with E-state index in [4.69, 9.17) is 9.15 Å². The summed E-state index contributed by atoms with van der Waals surface area (Å²) in [6.45, 7) is 0.134. The number of thiazole rings is 1. The van der Waals surface area contributed by atoms with Gasteiger partial charge in [0.15, 0.2) is 11.7 Å². The first kappa shape index (κ1) is 19.0. The van der Waals surface area contributed by atoms with Crippen molar-refractivity contribution in [1.29, 1.82) is 0 Å². The van der Waals surface area contributed by atoms with Gasteiger partial charge in [-0.15, -0.1) is 11.3 Å². The summed E-state index contributed by atoms with van der Waals surface area (Å²) in [7, 11) is 0. The van der Waals surface area contributed by atoms with Gasteiger partial charge in [-0.1, -0.05) is 30.3 Å². The maximum absolute atomic E-state index is 13.0. The maximum atomic E-state index is 13.0. The fourth-order valence-electron chi connectivity index (χ4n) is 2.70. The predicted molar refractivity (Wildman–Crippen MR) is 108 cm³/mol. The van der Waals surface area contributed by atoms with Crippen LogP contribution < -0.4 is 0 Å². The molecule has 0 fully saturated rings. The Kier molecular flexibility index (Phi) is 5.76. The van der Waals surface area contributed by atoms with Gasteiger partial charge in [-0.25, -0.2) is 14.4 Å². The zero-order valence-corrected chi connectivity index (χ0v) is 16.2. The molecule has 0 amide bonds. The van der Waals surface area contributed by atoms with E-state index in [0.29, 0.717) is 18.1 Å². The highest BCUT2D eigenvalue weighted by Gasteiger charge is 2.11. The zero-order valence-electron chi connectivity index (χ0n) is 15.4. The van der Waals surface area contributed by atoms with Gasteiger partial charge in [0.1, 0.15) is 17.4 Å². The van der Waals surface area contributed by atoms with Gasteiger partial charge in [0.2, 0.25) is 0 Å². The molecule has 2 aromatic heterocycles. The van der Waals surface area contributed by atoms with Crippen molar-refractivity contribution >= 4 is 17.3 Å². The minimum atomic E-state index is -0.346. The molecule has 0 saturated heterocycles. The highest BCUT2D eigenvalue weighted by Crippen LogP contribution is 2.24. The van der Waals surface area contributed by atoms with Crippen LogP contribution in [0.15, 0.2) is 70.6 Å². The predicted octanol–water partition coefficient (Wildman–Crippen LogP) is 5.28. The van der Waals surface area contributed by atoms with E-state index in [1.807, 2.05) is 35.7 Å². The van der Waals surface area contributed by atoms with Crippen molar-refractivity contribution in [3.05, 3.63) is 83.6 Å². The second-order valence-corrected chi connectivity index (χ2v) is 7.15. The van der Waals surface area contributed by atoms with Gasteiger partial charge in [0.25, 0.3) is 0 Å². The molecular weight excluding hydrogens is 391 g/mol. The van der Waals surface area contributed by atoms with Gasteiger partial charge in [0.05, 0.1) is 18.3 Å². The van der Waals surface area contributed by atoms with Gasteiger partial charge in [-0.3, -0.25) is 4.79 Å². The molecule has 0 radical (unpaired) electrons. The molecule has 0 spiro atoms. The van der Waals surface area contributed by atoms with E-state index in [1.165, 1.54) is 23.5 Å². The third-order valence-corrected chi connectivity index (χ3v) is 5.12. The minimum absolute atomic E-state index is 0.134. The number of nitrogens with zero attached hydrogens (tertiary/aromatic N) is 2. The second kappa shape index (κ2) is 8.79. The summed E-state index contributed by atoms with van der Waals surface area (Å²) in [5.74, 6) is 0.304. The van der Waals surface area contributed by atoms with Crippen molar-refractivity contribution < 1.29 is 18.3 Å². The number of aromatic nitrogens is 2. The van der Waals surface area contributed by atoms with Crippen LogP contribution >= 0.6 is 11.3 Å². The topological polar surface area (TPSA) is 65.2 Å². The molecule has 0 aliphatic carbocycles. The molecule has 0 atom stereocenters. The Hall–Kier alpha value is -3.32. The number of rotatable bonds is 7. The lowest BCUT2D eigenvalue weighted by atomic mass is 10.2. The maximum Gasteiger partial charge on any atom is 0.306 e. The Balaban J connectivity index is 1.27. The normalized spacial score (nSPS) is 10.8. The number of carbonyl (C=O) groups excluding carboxylic acids is 1. The first-order chi connectivity index (χ1) is 14.2. The number of oxazole rings is 1. The van der Waals surface area contributed by atoms with E-state index in [0.717, 1.165) is 21.8 Å². The molecule has 4 aromatic rings. The van der Waals surface area contributed by atoms with E-state index in [9.17, 15) is 9.18 Å². The van der Waals surface area contributed by atoms with Crippen LogP contribution in [-0.2, 0) is 22.6 Å². The number of benzene rings is 2. The highest BCUT2D eigenvalue weighted by molar-refractivity contribution is 7.13. The van der Waals surface area contributed by atoms with Gasteiger partial charge in [-0.05, 0) is 24.3 Å². The first-order valence-electron chi connectivity index (χ1n) is 9.03. The Morgan fingerprint density at radius 3 is 2.66 bits per heavy atom. The Morgan fingerprint density at radius 2 is 1.86 bits per heavy atom. The van der Waals surface area contributed by atoms with E-state index < -0.39 is 0 Å². The quantitative estimate of drug-likeness (QED) is 0.389. The van der Waals surface area contributed by atoms with Crippen LogP contribution in [0.1, 0.15) is 18.0 Å². The van der Waals surface area contributed by atoms with E-state index in [1.54, 1.807) is 18.3 Å². The largest absolute Gasteiger partial charge is 0.459 e. The molecule has 146 valence electrons. The molecule has 4 rings (SSSR count). The van der Waals surface area contributed by atoms with E-state index >= 15 is 0 Å². The number of halogens is 1. The number of esters is 1. The molecule has 0 saturated carbocycles. The lowest BCUT2D eigenvalue weighted by Crippen LogP contribution is -2.06. The third-order valence-electron chi connectivity index (χ3n) is 4.18. The fourth-order valence-corrected chi connectivity index (χ4v) is 3.51. The summed E-state index contributed by atoms with van der Waals surface area (Å²) < 4.78 is 23.9. The third kappa shape index (κ3) is 4.94. The molecule has 2 aromatic carbocycles. The number of aryl methyl sites for hydroxylation is 1. The van der Waals surface area contributed by atoms with Crippen molar-refractivity contribution in [3.63, 3.8) is 0 Å². The molecule has 0 bridgehead atoms. The lowest BCUT2D eigenvalue weighted by molar-refractivity contribution is -0.145. The van der Waals surface area contributed by atoms with Gasteiger partial charge < -0.3 is 9.15 Å². The summed E-state index contributed by atoms with van der Waals surface area (Å²) in [6, 6.07) is 15.8. The summed E-state index contributed by atoms with van der Waals surface area (Å²) in [5.41, 5.74) is 2.48. The molecular formula is C22H17FN2O3S. The second-order valence-electron chi connectivity index (χ2n) is 6.30. The number of carbonyl (C=O) groups is 1. The number of hydrogen-bond donors (Lipinski definition) is 0. The fraction of sp³-hybridized carbons (Fsp3) is 0.136. The van der Waals surface area contributed by atoms with Crippen LogP contribution in [0.5, 0.6) is 0 Å². The zero-order chi connectivity index (χ0) is 20.1.